The highest BCUT2D eigenvalue weighted by Gasteiger charge is 2.41. The van der Waals surface area contributed by atoms with Crippen molar-refractivity contribution in [2.24, 2.45) is 5.92 Å². The van der Waals surface area contributed by atoms with Crippen LogP contribution in [-0.4, -0.2) is 47.3 Å². The molecule has 3 atom stereocenters. The van der Waals surface area contributed by atoms with Crippen molar-refractivity contribution in [1.29, 1.82) is 0 Å². The van der Waals surface area contributed by atoms with Crippen molar-refractivity contribution in [3.63, 3.8) is 0 Å². The van der Waals surface area contributed by atoms with Crippen LogP contribution < -0.4 is 4.74 Å². The number of benzene rings is 1. The maximum absolute atomic E-state index is 13.6. The molecule has 5 nitrogen and oxygen atoms in total. The SMILES string of the molecule is COCO[C@@H]1C[C@H](CC#C[Si](C(C)C)(C(C)C)C(C)C)OC(=O)c2c(cccc2OC)C/C=C/C[C@@H]1C. The summed E-state index contributed by atoms with van der Waals surface area (Å²) in [5.41, 5.74) is 6.80. The molecular weight excluding hydrogens is 480 g/mol. The quantitative estimate of drug-likeness (QED) is 0.116. The van der Waals surface area contributed by atoms with Crippen LogP contribution in [0.1, 0.15) is 83.7 Å². The van der Waals surface area contributed by atoms with Gasteiger partial charge in [0.25, 0.3) is 0 Å². The molecule has 1 aliphatic rings. The Kier molecular flexibility index (Phi) is 12.4. The lowest BCUT2D eigenvalue weighted by molar-refractivity contribution is -0.102. The minimum absolute atomic E-state index is 0.122. The maximum Gasteiger partial charge on any atom is 0.342 e. The van der Waals surface area contributed by atoms with Crippen LogP contribution in [0.3, 0.4) is 0 Å². The van der Waals surface area contributed by atoms with E-state index >= 15 is 0 Å². The molecule has 0 spiro atoms. The van der Waals surface area contributed by atoms with E-state index in [1.165, 1.54) is 0 Å². The molecule has 0 unspecified atom stereocenters. The number of allylic oxidation sites excluding steroid dienone is 2. The molecule has 0 N–H and O–H groups in total. The first-order valence-electron chi connectivity index (χ1n) is 13.7. The van der Waals surface area contributed by atoms with Crippen LogP contribution in [0.25, 0.3) is 0 Å². The predicted molar refractivity (Wildman–Crippen MR) is 154 cm³/mol. The van der Waals surface area contributed by atoms with E-state index in [1.807, 2.05) is 18.2 Å². The van der Waals surface area contributed by atoms with E-state index in [2.05, 4.69) is 72.1 Å². The maximum atomic E-state index is 13.6. The molecule has 0 radical (unpaired) electrons. The van der Waals surface area contributed by atoms with E-state index < -0.39 is 14.2 Å². The second-order valence-corrected chi connectivity index (χ2v) is 16.7. The number of carbonyl (C=O) groups excluding carboxylic acids is 1. The Labute approximate surface area is 226 Å². The Balaban J connectivity index is 2.49. The van der Waals surface area contributed by atoms with Crippen LogP contribution in [0.2, 0.25) is 16.6 Å². The predicted octanol–water partition coefficient (Wildman–Crippen LogP) is 7.35. The smallest absolute Gasteiger partial charge is 0.342 e. The highest BCUT2D eigenvalue weighted by Crippen LogP contribution is 2.40. The molecule has 37 heavy (non-hydrogen) atoms. The average Bonchev–Trinajstić information content (AvgIpc) is 2.84. The molecule has 0 bridgehead atoms. The van der Waals surface area contributed by atoms with E-state index in [9.17, 15) is 4.79 Å². The monoisotopic (exact) mass is 528 g/mol. The summed E-state index contributed by atoms with van der Waals surface area (Å²) in [6.07, 6.45) is 6.29. The van der Waals surface area contributed by atoms with Gasteiger partial charge in [0.05, 0.1) is 13.2 Å². The molecule has 0 amide bonds. The summed E-state index contributed by atoms with van der Waals surface area (Å²) in [5, 5.41) is 0. The van der Waals surface area contributed by atoms with Gasteiger partial charge in [0, 0.05) is 20.0 Å². The molecule has 6 heteroatoms. The van der Waals surface area contributed by atoms with E-state index in [4.69, 9.17) is 18.9 Å². The number of hydrogen-bond donors (Lipinski definition) is 0. The molecule has 1 heterocycles. The molecule has 206 valence electrons. The summed E-state index contributed by atoms with van der Waals surface area (Å²) >= 11 is 0. The first-order chi connectivity index (χ1) is 17.6. The van der Waals surface area contributed by atoms with Gasteiger partial charge < -0.3 is 18.9 Å². The van der Waals surface area contributed by atoms with E-state index in [0.717, 1.165) is 12.0 Å². The van der Waals surface area contributed by atoms with E-state index in [0.29, 0.717) is 47.2 Å². The van der Waals surface area contributed by atoms with Crippen molar-refractivity contribution in [3.8, 4) is 17.2 Å². The summed E-state index contributed by atoms with van der Waals surface area (Å²) in [5.74, 6) is 3.92. The third kappa shape index (κ3) is 7.96. The van der Waals surface area contributed by atoms with Gasteiger partial charge in [-0.3, -0.25) is 0 Å². The molecule has 0 fully saturated rings. The fraction of sp³-hybridized carbons (Fsp3) is 0.645. The fourth-order valence-electron chi connectivity index (χ4n) is 5.83. The largest absolute Gasteiger partial charge is 0.496 e. The lowest BCUT2D eigenvalue weighted by atomic mass is 9.93. The van der Waals surface area contributed by atoms with Crippen molar-refractivity contribution < 1.29 is 23.7 Å². The number of hydrogen-bond acceptors (Lipinski definition) is 5. The molecule has 2 rings (SSSR count). The second-order valence-electron chi connectivity index (χ2n) is 11.2. The first kappa shape index (κ1) is 31.1. The van der Waals surface area contributed by atoms with Crippen molar-refractivity contribution in [3.05, 3.63) is 41.5 Å². The lowest BCUT2D eigenvalue weighted by Crippen LogP contribution is -2.43. The summed E-state index contributed by atoms with van der Waals surface area (Å²) < 4.78 is 23.0. The number of ether oxygens (including phenoxy) is 4. The first-order valence-corrected chi connectivity index (χ1v) is 15.9. The zero-order chi connectivity index (χ0) is 27.6. The van der Waals surface area contributed by atoms with Gasteiger partial charge in [0.1, 0.15) is 32.3 Å². The van der Waals surface area contributed by atoms with Crippen molar-refractivity contribution in [2.75, 3.05) is 21.0 Å². The third-order valence-electron chi connectivity index (χ3n) is 7.85. The standard InChI is InChI=1S/C31H48O5Si/c1-22(2)37(23(3)4,24(5)6)19-13-17-27-20-29(35-21-33-8)25(7)14-10-11-15-26-16-12-18-28(34-9)30(26)31(32)36-27/h10-12,16,18,22-25,27,29H,14-15,17,20-21H2,1-9H3/b11-10+/t25-,27-,29+/m0/s1. The Morgan fingerprint density at radius 2 is 1.73 bits per heavy atom. The van der Waals surface area contributed by atoms with Crippen molar-refractivity contribution >= 4 is 14.0 Å². The van der Waals surface area contributed by atoms with E-state index in [1.54, 1.807) is 14.2 Å². The Morgan fingerprint density at radius 1 is 1.05 bits per heavy atom. The molecular formula is C31H48O5Si. The molecule has 0 saturated heterocycles. The summed E-state index contributed by atoms with van der Waals surface area (Å²) in [6.45, 7) is 16.2. The van der Waals surface area contributed by atoms with Crippen LogP contribution in [0.5, 0.6) is 5.75 Å². The van der Waals surface area contributed by atoms with Crippen LogP contribution in [0.4, 0.5) is 0 Å². The van der Waals surface area contributed by atoms with Gasteiger partial charge in [0.15, 0.2) is 0 Å². The van der Waals surface area contributed by atoms with Crippen LogP contribution in [0.15, 0.2) is 30.4 Å². The zero-order valence-corrected chi connectivity index (χ0v) is 25.4. The van der Waals surface area contributed by atoms with Gasteiger partial charge in [0.2, 0.25) is 0 Å². The van der Waals surface area contributed by atoms with Gasteiger partial charge in [-0.15, -0.1) is 11.5 Å². The van der Waals surface area contributed by atoms with Crippen LogP contribution >= 0.6 is 0 Å². The van der Waals surface area contributed by atoms with Gasteiger partial charge in [-0.05, 0) is 47.0 Å². The fourth-order valence-corrected chi connectivity index (χ4v) is 11.1. The lowest BCUT2D eigenvalue weighted by Gasteiger charge is -2.38. The number of rotatable bonds is 8. The third-order valence-corrected chi connectivity index (χ3v) is 14.2. The normalized spacial score (nSPS) is 21.9. The summed E-state index contributed by atoms with van der Waals surface area (Å²) in [4.78, 5) is 13.6. The summed E-state index contributed by atoms with van der Waals surface area (Å²) in [6, 6.07) is 5.69. The van der Waals surface area contributed by atoms with Crippen LogP contribution in [0, 0.1) is 17.4 Å². The van der Waals surface area contributed by atoms with Crippen molar-refractivity contribution in [1.82, 2.24) is 0 Å². The van der Waals surface area contributed by atoms with Crippen LogP contribution in [-0.2, 0) is 20.6 Å². The highest BCUT2D eigenvalue weighted by molar-refractivity contribution is 6.90. The van der Waals surface area contributed by atoms with Gasteiger partial charge in [-0.1, -0.05) is 72.8 Å². The molecule has 0 aromatic heterocycles. The second kappa shape index (κ2) is 14.8. The van der Waals surface area contributed by atoms with Gasteiger partial charge >= 0.3 is 5.97 Å². The molecule has 1 aromatic rings. The molecule has 1 aliphatic heterocycles. The van der Waals surface area contributed by atoms with Gasteiger partial charge in [-0.2, -0.15) is 0 Å². The molecule has 0 saturated carbocycles. The minimum atomic E-state index is -1.89. The Hall–Kier alpha value is -2.07. The van der Waals surface area contributed by atoms with E-state index in [-0.39, 0.29) is 24.8 Å². The molecule has 0 aliphatic carbocycles. The number of fused-ring (bicyclic) bond motifs is 1. The zero-order valence-electron chi connectivity index (χ0n) is 24.4. The Morgan fingerprint density at radius 3 is 2.32 bits per heavy atom. The van der Waals surface area contributed by atoms with Crippen molar-refractivity contribution in [2.45, 2.75) is 103 Å². The summed E-state index contributed by atoms with van der Waals surface area (Å²) in [7, 11) is 1.32. The number of carbonyl (C=O) groups is 1. The Bertz CT molecular complexity index is 934. The topological polar surface area (TPSA) is 54.0 Å². The highest BCUT2D eigenvalue weighted by atomic mass is 28.3. The average molecular weight is 529 g/mol. The number of cyclic esters (lactones) is 1. The number of esters is 1. The van der Waals surface area contributed by atoms with Gasteiger partial charge in [-0.25, -0.2) is 4.79 Å². The number of methoxy groups -OCH3 is 2. The molecule has 1 aromatic carbocycles. The minimum Gasteiger partial charge on any atom is -0.496 e.